The summed E-state index contributed by atoms with van der Waals surface area (Å²) < 4.78 is 29.9. The van der Waals surface area contributed by atoms with E-state index in [9.17, 15) is 23.3 Å². The number of nitro groups is 1. The standard InChI is InChI=1S/C18H21N3O6S/c1-18(2,3)13-7-5-12(6-8-13)17(22)19-20-28(25,26)16-11-14(21(23)24)9-10-15(16)27-4/h5-11,20H,1-4H3,(H,19,22). The first-order chi connectivity index (χ1) is 13.0. The summed E-state index contributed by atoms with van der Waals surface area (Å²) in [5.41, 5.74) is 2.85. The van der Waals surface area contributed by atoms with Crippen molar-refractivity contribution in [2.24, 2.45) is 0 Å². The summed E-state index contributed by atoms with van der Waals surface area (Å²) in [5.74, 6) is -0.768. The van der Waals surface area contributed by atoms with Gasteiger partial charge in [0.15, 0.2) is 0 Å². The van der Waals surface area contributed by atoms with Crippen molar-refractivity contribution in [1.29, 1.82) is 0 Å². The molecule has 0 spiro atoms. The molecule has 0 saturated carbocycles. The number of ether oxygens (including phenoxy) is 1. The number of nitro benzene ring substituents is 1. The van der Waals surface area contributed by atoms with Crippen molar-refractivity contribution in [3.63, 3.8) is 0 Å². The Morgan fingerprint density at radius 2 is 1.71 bits per heavy atom. The number of carbonyl (C=O) groups is 1. The van der Waals surface area contributed by atoms with E-state index in [0.29, 0.717) is 0 Å². The highest BCUT2D eigenvalue weighted by Gasteiger charge is 2.24. The van der Waals surface area contributed by atoms with Crippen molar-refractivity contribution in [2.75, 3.05) is 7.11 Å². The molecule has 0 unspecified atom stereocenters. The summed E-state index contributed by atoms with van der Waals surface area (Å²) in [6, 6.07) is 9.87. The summed E-state index contributed by atoms with van der Waals surface area (Å²) >= 11 is 0. The zero-order valence-corrected chi connectivity index (χ0v) is 16.7. The fourth-order valence-electron chi connectivity index (χ4n) is 2.35. The van der Waals surface area contributed by atoms with Gasteiger partial charge in [-0.1, -0.05) is 32.9 Å². The number of nitrogens with zero attached hydrogens (tertiary/aromatic N) is 1. The van der Waals surface area contributed by atoms with E-state index in [4.69, 9.17) is 4.74 Å². The molecule has 150 valence electrons. The second-order valence-corrected chi connectivity index (χ2v) is 8.63. The molecule has 0 bridgehead atoms. The molecular formula is C18H21N3O6S. The van der Waals surface area contributed by atoms with E-state index in [2.05, 4.69) is 5.43 Å². The van der Waals surface area contributed by atoms with Crippen molar-refractivity contribution in [2.45, 2.75) is 31.1 Å². The molecule has 1 amide bonds. The maximum absolute atomic E-state index is 12.5. The number of rotatable bonds is 6. The Kier molecular flexibility index (Phi) is 6.05. The predicted molar refractivity (Wildman–Crippen MR) is 103 cm³/mol. The van der Waals surface area contributed by atoms with E-state index in [0.717, 1.165) is 17.7 Å². The SMILES string of the molecule is COc1ccc([N+](=O)[O-])cc1S(=O)(=O)NNC(=O)c1ccc(C(C)(C)C)cc1. The Balaban J connectivity index is 2.20. The highest BCUT2D eigenvalue weighted by molar-refractivity contribution is 7.89. The molecule has 2 rings (SSSR count). The number of benzene rings is 2. The minimum absolute atomic E-state index is 0.0881. The quantitative estimate of drug-likeness (QED) is 0.559. The molecule has 9 nitrogen and oxygen atoms in total. The highest BCUT2D eigenvalue weighted by Crippen LogP contribution is 2.27. The Morgan fingerprint density at radius 3 is 2.21 bits per heavy atom. The number of non-ortho nitro benzene ring substituents is 1. The van der Waals surface area contributed by atoms with Gasteiger partial charge < -0.3 is 4.74 Å². The Morgan fingerprint density at radius 1 is 1.11 bits per heavy atom. The third-order valence-corrected chi connectivity index (χ3v) is 5.23. The van der Waals surface area contributed by atoms with Crippen LogP contribution in [0.25, 0.3) is 0 Å². The molecule has 2 N–H and O–H groups in total. The first kappa shape index (κ1) is 21.3. The zero-order chi connectivity index (χ0) is 21.1. The first-order valence-corrected chi connectivity index (χ1v) is 9.69. The molecule has 0 radical (unpaired) electrons. The molecule has 0 aromatic heterocycles. The van der Waals surface area contributed by atoms with Crippen LogP contribution in [0.1, 0.15) is 36.7 Å². The Hall–Kier alpha value is -2.98. The lowest BCUT2D eigenvalue weighted by atomic mass is 9.87. The summed E-state index contributed by atoms with van der Waals surface area (Å²) in [6.45, 7) is 6.09. The molecule has 0 aliphatic carbocycles. The highest BCUT2D eigenvalue weighted by atomic mass is 32.2. The minimum Gasteiger partial charge on any atom is -0.495 e. The van der Waals surface area contributed by atoms with E-state index in [1.165, 1.54) is 13.2 Å². The fraction of sp³-hybridized carbons (Fsp3) is 0.278. The molecule has 0 aliphatic rings. The molecule has 10 heteroatoms. The molecule has 0 heterocycles. The molecule has 0 fully saturated rings. The van der Waals surface area contributed by atoms with Gasteiger partial charge in [-0.05, 0) is 29.2 Å². The topological polar surface area (TPSA) is 128 Å². The van der Waals surface area contributed by atoms with Crippen LogP contribution in [0.3, 0.4) is 0 Å². The van der Waals surface area contributed by atoms with Crippen LogP contribution >= 0.6 is 0 Å². The fourth-order valence-corrected chi connectivity index (χ4v) is 3.38. The maximum Gasteiger partial charge on any atom is 0.271 e. The number of nitrogens with one attached hydrogen (secondary N) is 2. The van der Waals surface area contributed by atoms with Crippen molar-refractivity contribution >= 4 is 21.6 Å². The number of sulfonamides is 1. The lowest BCUT2D eigenvalue weighted by Crippen LogP contribution is -2.41. The molecule has 2 aromatic carbocycles. The van der Waals surface area contributed by atoms with Gasteiger partial charge in [0.25, 0.3) is 21.6 Å². The van der Waals surface area contributed by atoms with Gasteiger partial charge in [-0.2, -0.15) is 0 Å². The van der Waals surface area contributed by atoms with Gasteiger partial charge in [-0.15, -0.1) is 4.83 Å². The van der Waals surface area contributed by atoms with E-state index in [1.807, 2.05) is 25.6 Å². The third-order valence-electron chi connectivity index (χ3n) is 3.96. The van der Waals surface area contributed by atoms with Crippen LogP contribution < -0.4 is 15.0 Å². The van der Waals surface area contributed by atoms with Crippen LogP contribution in [0.2, 0.25) is 0 Å². The summed E-state index contributed by atoms with van der Waals surface area (Å²) in [4.78, 5) is 23.9. The monoisotopic (exact) mass is 407 g/mol. The molecule has 28 heavy (non-hydrogen) atoms. The molecule has 0 atom stereocenters. The lowest BCUT2D eigenvalue weighted by molar-refractivity contribution is -0.385. The average molecular weight is 407 g/mol. The van der Waals surface area contributed by atoms with E-state index >= 15 is 0 Å². The van der Waals surface area contributed by atoms with Gasteiger partial charge in [0.05, 0.1) is 12.0 Å². The van der Waals surface area contributed by atoms with E-state index in [-0.39, 0.29) is 16.7 Å². The van der Waals surface area contributed by atoms with Crippen LogP contribution in [0.15, 0.2) is 47.4 Å². The number of carbonyl (C=O) groups excluding carboxylic acids is 1. The van der Waals surface area contributed by atoms with Gasteiger partial charge in [-0.3, -0.25) is 20.3 Å². The van der Waals surface area contributed by atoms with Gasteiger partial charge in [0.2, 0.25) is 0 Å². The van der Waals surface area contributed by atoms with Gasteiger partial charge >= 0.3 is 0 Å². The molecule has 0 saturated heterocycles. The van der Waals surface area contributed by atoms with E-state index < -0.39 is 31.4 Å². The molecular weight excluding hydrogens is 386 g/mol. The lowest BCUT2D eigenvalue weighted by Gasteiger charge is -2.19. The van der Waals surface area contributed by atoms with Gasteiger partial charge in [0.1, 0.15) is 10.6 Å². The number of hydrazine groups is 1. The second kappa shape index (κ2) is 7.95. The predicted octanol–water partition coefficient (Wildman–Crippen LogP) is 2.52. The number of hydrogen-bond acceptors (Lipinski definition) is 6. The average Bonchev–Trinajstić information content (AvgIpc) is 2.65. The van der Waals surface area contributed by atoms with Gasteiger partial charge in [-0.25, -0.2) is 8.42 Å². The normalized spacial score (nSPS) is 11.7. The molecule has 0 aliphatic heterocycles. The van der Waals surface area contributed by atoms with Crippen LogP contribution in [0.5, 0.6) is 5.75 Å². The van der Waals surface area contributed by atoms with Gasteiger partial charge in [0, 0.05) is 17.7 Å². The van der Waals surface area contributed by atoms with Crippen LogP contribution in [0.4, 0.5) is 5.69 Å². The van der Waals surface area contributed by atoms with Crippen molar-refractivity contribution < 1.29 is 22.9 Å². The number of hydrogen-bond donors (Lipinski definition) is 2. The second-order valence-electron chi connectivity index (χ2n) is 6.98. The zero-order valence-electron chi connectivity index (χ0n) is 15.8. The van der Waals surface area contributed by atoms with Crippen molar-refractivity contribution in [1.82, 2.24) is 10.3 Å². The molecule has 2 aromatic rings. The Bertz CT molecular complexity index is 995. The smallest absolute Gasteiger partial charge is 0.271 e. The van der Waals surface area contributed by atoms with E-state index in [1.54, 1.807) is 24.3 Å². The largest absolute Gasteiger partial charge is 0.495 e. The summed E-state index contributed by atoms with van der Waals surface area (Å²) in [6.07, 6.45) is 0. The maximum atomic E-state index is 12.5. The van der Waals surface area contributed by atoms with Crippen molar-refractivity contribution in [3.05, 3.63) is 63.7 Å². The minimum atomic E-state index is -4.30. The van der Waals surface area contributed by atoms with Crippen molar-refractivity contribution in [3.8, 4) is 5.75 Å². The van der Waals surface area contributed by atoms with Crippen LogP contribution in [-0.4, -0.2) is 26.4 Å². The number of methoxy groups -OCH3 is 1. The third kappa shape index (κ3) is 4.84. The number of amides is 1. The van der Waals surface area contributed by atoms with Crippen LogP contribution in [-0.2, 0) is 15.4 Å². The summed E-state index contributed by atoms with van der Waals surface area (Å²) in [5, 5.41) is 10.9. The van der Waals surface area contributed by atoms with Crippen LogP contribution in [0, 0.1) is 10.1 Å². The summed E-state index contributed by atoms with van der Waals surface area (Å²) in [7, 11) is -3.07. The Labute approximate surface area is 162 Å². The first-order valence-electron chi connectivity index (χ1n) is 8.21.